The Bertz CT molecular complexity index is 1570. The maximum absolute atomic E-state index is 14.0. The predicted octanol–water partition coefficient (Wildman–Crippen LogP) is 3.64. The van der Waals surface area contributed by atoms with Gasteiger partial charge in [-0.1, -0.05) is 48.5 Å². The van der Waals surface area contributed by atoms with Gasteiger partial charge in [0, 0.05) is 23.2 Å². The lowest BCUT2D eigenvalue weighted by Gasteiger charge is -2.28. The van der Waals surface area contributed by atoms with Crippen LogP contribution in [0.2, 0.25) is 0 Å². The van der Waals surface area contributed by atoms with E-state index < -0.39 is 18.1 Å². The number of carbonyl (C=O) groups is 4. The Balaban J connectivity index is 1.25. The molecule has 2 aliphatic heterocycles. The molecule has 0 unspecified atom stereocenters. The van der Waals surface area contributed by atoms with Crippen LogP contribution in [-0.4, -0.2) is 69.6 Å². The van der Waals surface area contributed by atoms with Crippen LogP contribution < -0.4 is 5.32 Å². The van der Waals surface area contributed by atoms with Crippen LogP contribution >= 0.6 is 11.3 Å². The summed E-state index contributed by atoms with van der Waals surface area (Å²) >= 11 is 1.35. The van der Waals surface area contributed by atoms with Gasteiger partial charge in [0.15, 0.2) is 5.78 Å². The van der Waals surface area contributed by atoms with Crippen molar-refractivity contribution in [1.82, 2.24) is 15.1 Å². The average molecular weight is 554 g/mol. The van der Waals surface area contributed by atoms with E-state index in [1.807, 2.05) is 30.3 Å². The smallest absolute Gasteiger partial charge is 0.262 e. The summed E-state index contributed by atoms with van der Waals surface area (Å²) < 4.78 is 0.969. The van der Waals surface area contributed by atoms with Crippen molar-refractivity contribution in [1.29, 1.82) is 0 Å². The lowest BCUT2D eigenvalue weighted by Crippen LogP contribution is -2.53. The summed E-state index contributed by atoms with van der Waals surface area (Å²) in [5.41, 5.74) is 1.25. The summed E-state index contributed by atoms with van der Waals surface area (Å²) in [6.07, 6.45) is 0.668. The normalized spacial score (nSPS) is 19.1. The van der Waals surface area contributed by atoms with Gasteiger partial charge in [-0.25, -0.2) is 0 Å². The monoisotopic (exact) mass is 553 g/mol. The summed E-state index contributed by atoms with van der Waals surface area (Å²) in [5, 5.41) is 13.6. The number of carbonyl (C=O) groups excluding carboxylic acids is 4. The van der Waals surface area contributed by atoms with E-state index in [1.165, 1.54) is 28.4 Å². The molecule has 2 fully saturated rings. The largest absolute Gasteiger partial charge is 0.508 e. The Labute approximate surface area is 234 Å². The number of phenolic OH excluding ortho intramolecular Hbond substituents is 1. The highest BCUT2D eigenvalue weighted by atomic mass is 32.1. The number of Topliss-reactive ketones (excluding diaryl/α,β-unsaturated/α-hetero) is 1. The summed E-state index contributed by atoms with van der Waals surface area (Å²) in [7, 11) is 0. The number of fused-ring (bicyclic) bond motifs is 2. The first kappa shape index (κ1) is 25.8. The van der Waals surface area contributed by atoms with Crippen LogP contribution in [0.3, 0.4) is 0 Å². The van der Waals surface area contributed by atoms with Crippen LogP contribution in [0.25, 0.3) is 10.1 Å². The molecule has 9 heteroatoms. The second kappa shape index (κ2) is 10.6. The van der Waals surface area contributed by atoms with Gasteiger partial charge in [-0.15, -0.1) is 11.3 Å². The molecule has 2 saturated heterocycles. The molecule has 3 aromatic carbocycles. The number of amides is 3. The topological polar surface area (TPSA) is 107 Å². The molecular weight excluding hydrogens is 526 g/mol. The standard InChI is InChI=1S/C31H27N3O5S/c35-22-12-10-19(11-13-22)16-23(32-29(37)27-17-21-8-4-5-9-26(21)40-27)31(39)33-15-14-24-28(33)25(36)18-34(24)30(38)20-6-2-1-3-7-20/h1-13,17,23-24,28,35H,14-16,18H2,(H,32,37)/t23-,24+,28-/m0/s1. The minimum absolute atomic E-state index is 0.0520. The number of rotatable bonds is 6. The van der Waals surface area contributed by atoms with E-state index in [0.29, 0.717) is 23.4 Å². The van der Waals surface area contributed by atoms with Gasteiger partial charge >= 0.3 is 0 Å². The van der Waals surface area contributed by atoms with Crippen molar-refractivity contribution < 1.29 is 24.3 Å². The minimum atomic E-state index is -0.937. The number of thiophene rings is 1. The van der Waals surface area contributed by atoms with E-state index in [9.17, 15) is 24.3 Å². The molecule has 6 rings (SSSR count). The molecule has 3 amide bonds. The van der Waals surface area contributed by atoms with Crippen molar-refractivity contribution in [3.63, 3.8) is 0 Å². The van der Waals surface area contributed by atoms with Gasteiger partial charge in [0.05, 0.1) is 17.5 Å². The zero-order valence-corrected chi connectivity index (χ0v) is 22.3. The SMILES string of the molecule is O=C(N[C@@H](Cc1ccc(O)cc1)C(=O)N1CC[C@@H]2[C@H]1C(=O)CN2C(=O)c1ccccc1)c1cc2ccccc2s1. The molecule has 0 radical (unpaired) electrons. The molecule has 0 aliphatic carbocycles. The Morgan fingerprint density at radius 2 is 1.68 bits per heavy atom. The minimum Gasteiger partial charge on any atom is -0.508 e. The van der Waals surface area contributed by atoms with E-state index in [-0.39, 0.29) is 42.2 Å². The van der Waals surface area contributed by atoms with Crippen molar-refractivity contribution >= 4 is 44.9 Å². The average Bonchev–Trinajstić information content (AvgIpc) is 3.69. The number of hydrogen-bond donors (Lipinski definition) is 2. The van der Waals surface area contributed by atoms with Gasteiger partial charge in [-0.05, 0) is 53.8 Å². The zero-order valence-electron chi connectivity index (χ0n) is 21.5. The number of hydrogen-bond acceptors (Lipinski definition) is 6. The third-order valence-electron chi connectivity index (χ3n) is 7.62. The van der Waals surface area contributed by atoms with Crippen molar-refractivity contribution in [2.24, 2.45) is 0 Å². The quantitative estimate of drug-likeness (QED) is 0.379. The number of phenols is 1. The Morgan fingerprint density at radius 1 is 0.950 bits per heavy atom. The van der Waals surface area contributed by atoms with Gasteiger partial charge in [0.1, 0.15) is 17.8 Å². The summed E-state index contributed by atoms with van der Waals surface area (Å²) in [5.74, 6) is -1.04. The highest BCUT2D eigenvalue weighted by Crippen LogP contribution is 2.32. The lowest BCUT2D eigenvalue weighted by molar-refractivity contribution is -0.138. The molecule has 40 heavy (non-hydrogen) atoms. The molecule has 3 atom stereocenters. The fraction of sp³-hybridized carbons (Fsp3) is 0.226. The van der Waals surface area contributed by atoms with Gasteiger partial charge in [0.25, 0.3) is 11.8 Å². The van der Waals surface area contributed by atoms with E-state index in [2.05, 4.69) is 5.32 Å². The maximum Gasteiger partial charge on any atom is 0.262 e. The number of aromatic hydroxyl groups is 1. The molecular formula is C31H27N3O5S. The van der Waals surface area contributed by atoms with Crippen molar-refractivity contribution in [3.8, 4) is 5.75 Å². The molecule has 202 valence electrons. The number of ketones is 1. The number of benzene rings is 3. The second-order valence-electron chi connectivity index (χ2n) is 10.1. The van der Waals surface area contributed by atoms with Crippen molar-refractivity contribution in [3.05, 3.63) is 101 Å². The van der Waals surface area contributed by atoms with Crippen molar-refractivity contribution in [2.45, 2.75) is 31.0 Å². The third kappa shape index (κ3) is 4.84. The first-order chi connectivity index (χ1) is 19.4. The molecule has 4 aromatic rings. The van der Waals surface area contributed by atoms with Gasteiger partial charge in [-0.3, -0.25) is 19.2 Å². The third-order valence-corrected chi connectivity index (χ3v) is 8.73. The fourth-order valence-electron chi connectivity index (χ4n) is 5.68. The Hall–Kier alpha value is -4.50. The van der Waals surface area contributed by atoms with E-state index in [1.54, 1.807) is 47.4 Å². The van der Waals surface area contributed by atoms with Crippen LogP contribution in [0, 0.1) is 0 Å². The molecule has 0 spiro atoms. The van der Waals surface area contributed by atoms with E-state index >= 15 is 0 Å². The van der Waals surface area contributed by atoms with Crippen LogP contribution in [0.1, 0.15) is 32.0 Å². The summed E-state index contributed by atoms with van der Waals surface area (Å²) in [4.78, 5) is 57.3. The van der Waals surface area contributed by atoms with Crippen LogP contribution in [0.5, 0.6) is 5.75 Å². The van der Waals surface area contributed by atoms with Gasteiger partial charge < -0.3 is 20.2 Å². The molecule has 3 heterocycles. The van der Waals surface area contributed by atoms with Crippen LogP contribution in [-0.2, 0) is 16.0 Å². The first-order valence-electron chi connectivity index (χ1n) is 13.2. The molecule has 2 aliphatic rings. The zero-order chi connectivity index (χ0) is 27.8. The molecule has 1 aromatic heterocycles. The highest BCUT2D eigenvalue weighted by molar-refractivity contribution is 7.20. The number of likely N-dealkylation sites (tertiary alicyclic amines) is 2. The molecule has 0 saturated carbocycles. The Morgan fingerprint density at radius 3 is 2.42 bits per heavy atom. The fourth-order valence-corrected chi connectivity index (χ4v) is 6.64. The summed E-state index contributed by atoms with van der Waals surface area (Å²) in [6.45, 7) is 0.257. The molecule has 0 bridgehead atoms. The predicted molar refractivity (Wildman–Crippen MR) is 151 cm³/mol. The number of nitrogens with one attached hydrogen (secondary N) is 1. The summed E-state index contributed by atoms with van der Waals surface area (Å²) in [6, 6.07) is 22.7. The van der Waals surface area contributed by atoms with E-state index in [4.69, 9.17) is 0 Å². The van der Waals surface area contributed by atoms with Crippen molar-refractivity contribution in [2.75, 3.05) is 13.1 Å². The highest BCUT2D eigenvalue weighted by Gasteiger charge is 2.52. The number of nitrogens with zero attached hydrogens (tertiary/aromatic N) is 2. The molecule has 8 nitrogen and oxygen atoms in total. The van der Waals surface area contributed by atoms with Crippen LogP contribution in [0.4, 0.5) is 0 Å². The van der Waals surface area contributed by atoms with Gasteiger partial charge in [0.2, 0.25) is 5.91 Å². The van der Waals surface area contributed by atoms with E-state index in [0.717, 1.165) is 15.6 Å². The maximum atomic E-state index is 14.0. The molecule has 2 N–H and O–H groups in total. The first-order valence-corrected chi connectivity index (χ1v) is 14.0. The van der Waals surface area contributed by atoms with Crippen LogP contribution in [0.15, 0.2) is 84.9 Å². The lowest BCUT2D eigenvalue weighted by atomic mass is 10.0. The Kier molecular flexibility index (Phi) is 6.81. The second-order valence-corrected chi connectivity index (χ2v) is 11.2. The van der Waals surface area contributed by atoms with Gasteiger partial charge in [-0.2, -0.15) is 0 Å².